The van der Waals surface area contributed by atoms with Crippen LogP contribution in [0.4, 0.5) is 5.69 Å². The van der Waals surface area contributed by atoms with Crippen molar-refractivity contribution in [2.24, 2.45) is 0 Å². The highest BCUT2D eigenvalue weighted by molar-refractivity contribution is 7.10. The first-order chi connectivity index (χ1) is 12.5. The quantitative estimate of drug-likeness (QED) is 0.602. The molecule has 1 aromatic heterocycles. The Morgan fingerprint density at radius 2 is 1.88 bits per heavy atom. The Balaban J connectivity index is 1.69. The second-order valence-electron chi connectivity index (χ2n) is 6.25. The number of rotatable bonds is 6. The zero-order valence-corrected chi connectivity index (χ0v) is 16.3. The van der Waals surface area contributed by atoms with E-state index in [1.807, 2.05) is 25.1 Å². The first-order valence-electron chi connectivity index (χ1n) is 8.42. The molecule has 134 valence electrons. The lowest BCUT2D eigenvalue weighted by Gasteiger charge is -2.18. The van der Waals surface area contributed by atoms with Crippen molar-refractivity contribution in [1.82, 2.24) is 5.32 Å². The molecule has 2 N–H and O–H groups in total. The minimum Gasteiger partial charge on any atom is -0.325 e. The summed E-state index contributed by atoms with van der Waals surface area (Å²) >= 11 is 7.65. The van der Waals surface area contributed by atoms with Crippen molar-refractivity contribution in [1.29, 1.82) is 0 Å². The molecule has 2 aromatic carbocycles. The fourth-order valence-corrected chi connectivity index (χ4v) is 3.81. The number of carbonyl (C=O) groups excluding carboxylic acids is 1. The highest BCUT2D eigenvalue weighted by Gasteiger charge is 2.16. The van der Waals surface area contributed by atoms with Gasteiger partial charge in [0.05, 0.1) is 12.6 Å². The van der Waals surface area contributed by atoms with Crippen molar-refractivity contribution < 1.29 is 4.79 Å². The summed E-state index contributed by atoms with van der Waals surface area (Å²) in [4.78, 5) is 13.6. The Morgan fingerprint density at radius 3 is 2.54 bits per heavy atom. The van der Waals surface area contributed by atoms with E-state index in [9.17, 15) is 4.79 Å². The zero-order valence-electron chi connectivity index (χ0n) is 14.8. The standard InChI is InChI=1S/C21H21ClN2OS/c1-14-5-7-16(8-6-14)21(19-4-3-11-26-19)23-13-20(25)24-18-10-9-17(22)12-15(18)2/h3-12,21,23H,13H2,1-2H3,(H,24,25)/t21-/m0/s1. The third kappa shape index (κ3) is 4.73. The second-order valence-corrected chi connectivity index (χ2v) is 7.66. The molecule has 1 amide bonds. The molecule has 0 unspecified atom stereocenters. The summed E-state index contributed by atoms with van der Waals surface area (Å²) in [6, 6.07) is 17.9. The van der Waals surface area contributed by atoms with E-state index in [1.54, 1.807) is 17.4 Å². The smallest absolute Gasteiger partial charge is 0.238 e. The van der Waals surface area contributed by atoms with Crippen molar-refractivity contribution in [2.75, 3.05) is 11.9 Å². The van der Waals surface area contributed by atoms with E-state index in [2.05, 4.69) is 53.3 Å². The zero-order chi connectivity index (χ0) is 18.5. The molecular weight excluding hydrogens is 364 g/mol. The molecular formula is C21H21ClN2OS. The SMILES string of the molecule is Cc1ccc([C@H](NCC(=O)Nc2ccc(Cl)cc2C)c2cccs2)cc1. The molecule has 3 rings (SSSR count). The molecule has 26 heavy (non-hydrogen) atoms. The van der Waals surface area contributed by atoms with Crippen LogP contribution in [0.3, 0.4) is 0 Å². The lowest BCUT2D eigenvalue weighted by molar-refractivity contribution is -0.115. The van der Waals surface area contributed by atoms with Gasteiger partial charge >= 0.3 is 0 Å². The molecule has 0 fully saturated rings. The number of halogens is 1. The van der Waals surface area contributed by atoms with E-state index in [-0.39, 0.29) is 18.5 Å². The minimum absolute atomic E-state index is 0.00679. The van der Waals surface area contributed by atoms with Crippen LogP contribution in [0.25, 0.3) is 0 Å². The van der Waals surface area contributed by atoms with E-state index in [0.717, 1.165) is 16.8 Å². The Morgan fingerprint density at radius 1 is 1.12 bits per heavy atom. The molecule has 0 aliphatic carbocycles. The van der Waals surface area contributed by atoms with E-state index < -0.39 is 0 Å². The third-order valence-electron chi connectivity index (χ3n) is 4.17. The molecule has 3 nitrogen and oxygen atoms in total. The predicted molar refractivity (Wildman–Crippen MR) is 110 cm³/mol. The number of benzene rings is 2. The van der Waals surface area contributed by atoms with Crippen molar-refractivity contribution in [3.05, 3.63) is 86.6 Å². The van der Waals surface area contributed by atoms with E-state index in [0.29, 0.717) is 5.02 Å². The van der Waals surface area contributed by atoms with Crippen molar-refractivity contribution in [3.63, 3.8) is 0 Å². The molecule has 3 aromatic rings. The van der Waals surface area contributed by atoms with Crippen LogP contribution in [0.5, 0.6) is 0 Å². The monoisotopic (exact) mass is 384 g/mol. The normalized spacial score (nSPS) is 12.0. The maximum atomic E-state index is 12.4. The van der Waals surface area contributed by atoms with Gasteiger partial charge in [-0.2, -0.15) is 0 Å². The van der Waals surface area contributed by atoms with Gasteiger partial charge in [0.15, 0.2) is 0 Å². The molecule has 0 radical (unpaired) electrons. The second kappa shape index (κ2) is 8.49. The Kier molecular flexibility index (Phi) is 6.09. The Bertz CT molecular complexity index is 876. The fraction of sp³-hybridized carbons (Fsp3) is 0.190. The van der Waals surface area contributed by atoms with Gasteiger partial charge in [-0.15, -0.1) is 11.3 Å². The van der Waals surface area contributed by atoms with Gasteiger partial charge in [0, 0.05) is 15.6 Å². The molecule has 1 heterocycles. The first kappa shape index (κ1) is 18.6. The maximum absolute atomic E-state index is 12.4. The van der Waals surface area contributed by atoms with Gasteiger partial charge in [-0.3, -0.25) is 10.1 Å². The van der Waals surface area contributed by atoms with Gasteiger partial charge < -0.3 is 5.32 Å². The maximum Gasteiger partial charge on any atom is 0.238 e. The summed E-state index contributed by atoms with van der Waals surface area (Å²) in [5.41, 5.74) is 4.09. The summed E-state index contributed by atoms with van der Waals surface area (Å²) in [6.07, 6.45) is 0. The Labute approximate surface area is 163 Å². The van der Waals surface area contributed by atoms with E-state index in [1.165, 1.54) is 10.4 Å². The lowest BCUT2D eigenvalue weighted by atomic mass is 10.0. The summed E-state index contributed by atoms with van der Waals surface area (Å²) in [5.74, 6) is -0.0795. The molecule has 1 atom stereocenters. The number of amides is 1. The number of aryl methyl sites for hydroxylation is 2. The van der Waals surface area contributed by atoms with Crippen LogP contribution in [0, 0.1) is 13.8 Å². The first-order valence-corrected chi connectivity index (χ1v) is 9.68. The van der Waals surface area contributed by atoms with Crippen LogP contribution in [0.15, 0.2) is 60.0 Å². The average Bonchev–Trinajstić information content (AvgIpc) is 3.13. The van der Waals surface area contributed by atoms with Crippen LogP contribution in [0.2, 0.25) is 5.02 Å². The summed E-state index contributed by atoms with van der Waals surface area (Å²) < 4.78 is 0. The number of hydrogen-bond donors (Lipinski definition) is 2. The average molecular weight is 385 g/mol. The van der Waals surface area contributed by atoms with Crippen LogP contribution in [-0.4, -0.2) is 12.5 Å². The molecule has 0 bridgehead atoms. The topological polar surface area (TPSA) is 41.1 Å². The number of hydrogen-bond acceptors (Lipinski definition) is 3. The largest absolute Gasteiger partial charge is 0.325 e. The number of nitrogens with one attached hydrogen (secondary N) is 2. The summed E-state index contributed by atoms with van der Waals surface area (Å²) in [5, 5.41) is 9.04. The van der Waals surface area contributed by atoms with Crippen LogP contribution in [-0.2, 0) is 4.79 Å². The molecule has 0 aliphatic rings. The van der Waals surface area contributed by atoms with Gasteiger partial charge in [0.1, 0.15) is 0 Å². The van der Waals surface area contributed by atoms with E-state index >= 15 is 0 Å². The molecule has 0 spiro atoms. The van der Waals surface area contributed by atoms with E-state index in [4.69, 9.17) is 11.6 Å². The molecule has 0 aliphatic heterocycles. The van der Waals surface area contributed by atoms with Gasteiger partial charge in [-0.25, -0.2) is 0 Å². The van der Waals surface area contributed by atoms with Crippen molar-refractivity contribution in [3.8, 4) is 0 Å². The molecule has 0 saturated heterocycles. The van der Waals surface area contributed by atoms with Gasteiger partial charge in [0.25, 0.3) is 0 Å². The predicted octanol–water partition coefficient (Wildman–Crippen LogP) is 5.34. The number of thiophene rings is 1. The van der Waals surface area contributed by atoms with Crippen LogP contribution >= 0.6 is 22.9 Å². The lowest BCUT2D eigenvalue weighted by Crippen LogP contribution is -2.31. The number of carbonyl (C=O) groups is 1. The van der Waals surface area contributed by atoms with Crippen LogP contribution in [0.1, 0.15) is 27.6 Å². The fourth-order valence-electron chi connectivity index (χ4n) is 2.75. The highest BCUT2D eigenvalue weighted by Crippen LogP contribution is 2.26. The highest BCUT2D eigenvalue weighted by atomic mass is 35.5. The van der Waals surface area contributed by atoms with Gasteiger partial charge in [-0.1, -0.05) is 47.5 Å². The van der Waals surface area contributed by atoms with Crippen LogP contribution < -0.4 is 10.6 Å². The van der Waals surface area contributed by atoms with Crippen molar-refractivity contribution >= 4 is 34.5 Å². The molecule has 5 heteroatoms. The number of anilines is 1. The summed E-state index contributed by atoms with van der Waals surface area (Å²) in [6.45, 7) is 4.22. The van der Waals surface area contributed by atoms with Gasteiger partial charge in [-0.05, 0) is 54.6 Å². The third-order valence-corrected chi connectivity index (χ3v) is 5.34. The Hall–Kier alpha value is -2.14. The summed E-state index contributed by atoms with van der Waals surface area (Å²) in [7, 11) is 0. The molecule has 0 saturated carbocycles. The van der Waals surface area contributed by atoms with Gasteiger partial charge in [0.2, 0.25) is 5.91 Å². The van der Waals surface area contributed by atoms with Crippen molar-refractivity contribution in [2.45, 2.75) is 19.9 Å². The minimum atomic E-state index is -0.0795.